The van der Waals surface area contributed by atoms with Crippen molar-refractivity contribution in [1.29, 1.82) is 0 Å². The third-order valence-electron chi connectivity index (χ3n) is 6.07. The van der Waals surface area contributed by atoms with Gasteiger partial charge in [0.15, 0.2) is 29.5 Å². The molecular weight excluding hydrogens is 529 g/mol. The molecule has 2 aliphatic rings. The van der Waals surface area contributed by atoms with Gasteiger partial charge >= 0.3 is 17.9 Å². The number of nitrogens with zero attached hydrogens (tertiary/aromatic N) is 4. The number of carboxylic acid groups (broad SMARTS) is 3. The number of aliphatic hydroxyl groups is 1. The van der Waals surface area contributed by atoms with Crippen LogP contribution in [-0.2, 0) is 25.5 Å². The summed E-state index contributed by atoms with van der Waals surface area (Å²) in [4.78, 5) is 46.8. The van der Waals surface area contributed by atoms with E-state index < -0.39 is 60.1 Å². The number of ether oxygens (including phenoxy) is 2. The highest BCUT2D eigenvalue weighted by Gasteiger charge is 2.80. The fourth-order valence-electron chi connectivity index (χ4n) is 4.17. The number of aromatic nitrogens is 4. The van der Waals surface area contributed by atoms with Crippen LogP contribution in [0.5, 0.6) is 0 Å². The molecule has 0 spiro atoms. The SMILES string of the molecule is Nc1nc(Cl)nc2c1ncn2[C@@H]1O[C@@H]2C(OC(Cc3ccc(C(=O)O)s3)(C(=O)O)C(=O)O)[C@]2(O)[C@@H]1F. The standard InChI is InChI=1S/C19H15ClFN5O9S/c20-17-24-11(22)7-12(25-17)26(4-23-7)13-8(21)19(33)9(34-13)10(19)35-18(15(29)30,16(31)32)3-5-1-2-6(36-5)14(27)28/h1-2,4,8-10,13,33H,3H2,(H,27,28)(H,29,30)(H,31,32)(H2,22,24,25)/t8-,9-,10?,13-,19+/m1/s1. The van der Waals surface area contributed by atoms with E-state index in [9.17, 15) is 29.7 Å². The average molecular weight is 544 g/mol. The summed E-state index contributed by atoms with van der Waals surface area (Å²) in [5.74, 6) is -5.21. The minimum absolute atomic E-state index is 0.0138. The molecule has 14 nitrogen and oxygen atoms in total. The van der Waals surface area contributed by atoms with Crippen molar-refractivity contribution in [3.63, 3.8) is 0 Å². The van der Waals surface area contributed by atoms with E-state index in [2.05, 4.69) is 15.0 Å². The molecule has 1 aliphatic heterocycles. The molecule has 5 atom stereocenters. The van der Waals surface area contributed by atoms with Gasteiger partial charge in [0.2, 0.25) is 5.28 Å². The van der Waals surface area contributed by atoms with Crippen molar-refractivity contribution in [1.82, 2.24) is 19.5 Å². The average Bonchev–Trinajstić information content (AvgIpc) is 3.24. The van der Waals surface area contributed by atoms with Gasteiger partial charge in [0, 0.05) is 11.3 Å². The highest BCUT2D eigenvalue weighted by atomic mass is 35.5. The summed E-state index contributed by atoms with van der Waals surface area (Å²) < 4.78 is 27.5. The molecule has 2 fully saturated rings. The summed E-state index contributed by atoms with van der Waals surface area (Å²) in [5.41, 5.74) is 0.506. The van der Waals surface area contributed by atoms with Gasteiger partial charge in [-0.2, -0.15) is 9.97 Å². The fourth-order valence-corrected chi connectivity index (χ4v) is 5.26. The molecule has 0 amide bonds. The largest absolute Gasteiger partial charge is 0.479 e. The Kier molecular flexibility index (Phi) is 5.42. The van der Waals surface area contributed by atoms with E-state index in [0.29, 0.717) is 11.3 Å². The number of imidazole rings is 1. The zero-order valence-corrected chi connectivity index (χ0v) is 19.2. The summed E-state index contributed by atoms with van der Waals surface area (Å²) in [6, 6.07) is 2.42. The molecule has 6 N–H and O–H groups in total. The first-order valence-corrected chi connectivity index (χ1v) is 11.2. The van der Waals surface area contributed by atoms with Crippen LogP contribution in [0.2, 0.25) is 5.28 Å². The van der Waals surface area contributed by atoms with Gasteiger partial charge < -0.3 is 35.6 Å². The zero-order chi connectivity index (χ0) is 26.2. The van der Waals surface area contributed by atoms with Crippen molar-refractivity contribution in [2.24, 2.45) is 0 Å². The predicted octanol–water partition coefficient (Wildman–Crippen LogP) is 0.338. The number of nitrogen functional groups attached to an aromatic ring is 1. The van der Waals surface area contributed by atoms with Crippen molar-refractivity contribution in [3.8, 4) is 0 Å². The van der Waals surface area contributed by atoms with E-state index in [0.717, 1.165) is 10.9 Å². The Morgan fingerprint density at radius 2 is 1.97 bits per heavy atom. The van der Waals surface area contributed by atoms with Gasteiger partial charge in [0.1, 0.15) is 22.6 Å². The minimum atomic E-state index is -2.96. The topological polar surface area (TPSA) is 220 Å². The Morgan fingerprint density at radius 3 is 2.53 bits per heavy atom. The Bertz CT molecular complexity index is 1420. The molecule has 17 heteroatoms. The highest BCUT2D eigenvalue weighted by molar-refractivity contribution is 7.13. The van der Waals surface area contributed by atoms with Crippen molar-refractivity contribution in [3.05, 3.63) is 33.5 Å². The lowest BCUT2D eigenvalue weighted by Crippen LogP contribution is -2.53. The van der Waals surface area contributed by atoms with Crippen molar-refractivity contribution >= 4 is 57.8 Å². The number of aliphatic carboxylic acids is 2. The van der Waals surface area contributed by atoms with E-state index in [1.165, 1.54) is 12.1 Å². The first-order chi connectivity index (χ1) is 16.9. The number of nitrogens with two attached hydrogens (primary N) is 1. The van der Waals surface area contributed by atoms with E-state index in [1.807, 2.05) is 0 Å². The molecule has 3 aromatic heterocycles. The maximum atomic E-state index is 15.5. The van der Waals surface area contributed by atoms with Crippen LogP contribution in [0.1, 0.15) is 20.8 Å². The monoisotopic (exact) mass is 543 g/mol. The minimum Gasteiger partial charge on any atom is -0.479 e. The molecule has 0 bridgehead atoms. The van der Waals surface area contributed by atoms with Gasteiger partial charge in [0.05, 0.1) is 6.33 Å². The van der Waals surface area contributed by atoms with Crippen LogP contribution in [0.3, 0.4) is 0 Å². The fraction of sp³-hybridized carbons (Fsp3) is 0.368. The summed E-state index contributed by atoms with van der Waals surface area (Å²) in [6.45, 7) is 0. The first-order valence-electron chi connectivity index (χ1n) is 10.0. The summed E-state index contributed by atoms with van der Waals surface area (Å²) in [7, 11) is 0. The predicted molar refractivity (Wildman–Crippen MR) is 116 cm³/mol. The van der Waals surface area contributed by atoms with Gasteiger partial charge in [-0.1, -0.05) is 0 Å². The number of halogens is 2. The highest BCUT2D eigenvalue weighted by Crippen LogP contribution is 2.58. The number of hydrogen-bond donors (Lipinski definition) is 5. The number of carboxylic acids is 3. The number of anilines is 1. The van der Waals surface area contributed by atoms with Crippen LogP contribution < -0.4 is 5.73 Å². The number of carbonyl (C=O) groups is 3. The number of hydrogen-bond acceptors (Lipinski definition) is 11. The molecule has 190 valence electrons. The Balaban J connectivity index is 1.41. The van der Waals surface area contributed by atoms with Crippen LogP contribution in [-0.4, -0.2) is 87.4 Å². The number of thiophene rings is 1. The molecule has 1 aliphatic carbocycles. The molecule has 0 aromatic carbocycles. The second-order valence-electron chi connectivity index (χ2n) is 8.16. The number of rotatable bonds is 8. The molecule has 5 rings (SSSR count). The lowest BCUT2D eigenvalue weighted by Gasteiger charge is -2.28. The molecule has 36 heavy (non-hydrogen) atoms. The van der Waals surface area contributed by atoms with Crippen LogP contribution in [0, 0.1) is 0 Å². The van der Waals surface area contributed by atoms with Gasteiger partial charge in [0.25, 0.3) is 5.60 Å². The third-order valence-corrected chi connectivity index (χ3v) is 7.31. The van der Waals surface area contributed by atoms with Crippen LogP contribution >= 0.6 is 22.9 Å². The summed E-state index contributed by atoms with van der Waals surface area (Å²) in [5, 5.41) is 39.2. The maximum absolute atomic E-state index is 15.5. The quantitative estimate of drug-likeness (QED) is 0.191. The first kappa shape index (κ1) is 24.3. The Hall–Kier alpha value is -3.44. The number of aromatic carboxylic acids is 1. The van der Waals surface area contributed by atoms with Crippen molar-refractivity contribution in [2.75, 3.05) is 5.73 Å². The van der Waals surface area contributed by atoms with Crippen LogP contribution in [0.15, 0.2) is 18.5 Å². The van der Waals surface area contributed by atoms with Crippen molar-refractivity contribution < 1.29 is 48.7 Å². The van der Waals surface area contributed by atoms with E-state index in [-0.39, 0.29) is 32.0 Å². The van der Waals surface area contributed by atoms with Crippen molar-refractivity contribution in [2.45, 2.75) is 42.2 Å². The van der Waals surface area contributed by atoms with Gasteiger partial charge in [-0.15, -0.1) is 11.3 Å². The normalized spacial score (nSPS) is 27.2. The molecule has 0 radical (unpaired) electrons. The number of fused-ring (bicyclic) bond motifs is 2. The van der Waals surface area contributed by atoms with E-state index >= 15 is 4.39 Å². The van der Waals surface area contributed by atoms with Gasteiger partial charge in [-0.25, -0.2) is 23.8 Å². The van der Waals surface area contributed by atoms with E-state index in [4.69, 9.17) is 31.9 Å². The second kappa shape index (κ2) is 8.04. The lowest BCUT2D eigenvalue weighted by atomic mass is 9.98. The Labute approximate surface area is 207 Å². The lowest BCUT2D eigenvalue weighted by molar-refractivity contribution is -0.194. The second-order valence-corrected chi connectivity index (χ2v) is 9.67. The number of alkyl halides is 1. The molecule has 1 unspecified atom stereocenters. The van der Waals surface area contributed by atoms with E-state index in [1.54, 1.807) is 0 Å². The molecule has 1 saturated heterocycles. The summed E-state index contributed by atoms with van der Waals surface area (Å²) >= 11 is 6.47. The smallest absolute Gasteiger partial charge is 0.348 e. The van der Waals surface area contributed by atoms with Crippen LogP contribution in [0.25, 0.3) is 11.2 Å². The van der Waals surface area contributed by atoms with Gasteiger partial charge in [-0.05, 0) is 23.7 Å². The molecular formula is C19H15ClFN5O9S. The maximum Gasteiger partial charge on any atom is 0.348 e. The molecule has 3 aromatic rings. The zero-order valence-electron chi connectivity index (χ0n) is 17.6. The summed E-state index contributed by atoms with van der Waals surface area (Å²) in [6.07, 6.45) is -6.44. The molecule has 1 saturated carbocycles. The van der Waals surface area contributed by atoms with Gasteiger partial charge in [-0.3, -0.25) is 4.57 Å². The molecule has 4 heterocycles. The van der Waals surface area contributed by atoms with Crippen LogP contribution in [0.4, 0.5) is 10.2 Å². The third kappa shape index (κ3) is 3.40. The Morgan fingerprint density at radius 1 is 1.28 bits per heavy atom.